The zero-order chi connectivity index (χ0) is 7.11. The maximum atomic E-state index is 10.5. The van der Waals surface area contributed by atoms with Crippen LogP contribution in [0.2, 0.25) is 0 Å². The van der Waals surface area contributed by atoms with Crippen molar-refractivity contribution in [1.82, 2.24) is 5.32 Å². The summed E-state index contributed by atoms with van der Waals surface area (Å²) in [6.07, 6.45) is 0.498. The molecule has 0 spiro atoms. The number of hydrogen-bond donors (Lipinski definition) is 1. The topological polar surface area (TPSA) is 33.5 Å². The Morgan fingerprint density at radius 3 is 2.89 bits per heavy atom. The van der Waals surface area contributed by atoms with Gasteiger partial charge in [-0.3, -0.25) is 4.79 Å². The summed E-state index contributed by atoms with van der Waals surface area (Å²) in [6, 6.07) is 0. The zero-order valence-corrected chi connectivity index (χ0v) is 5.48. The highest BCUT2D eigenvalue weighted by Gasteiger charge is 1.93. The van der Waals surface area contributed by atoms with Gasteiger partial charge >= 0.3 is 0 Å². The van der Waals surface area contributed by atoms with Gasteiger partial charge in [0.05, 0.1) is 6.54 Å². The average Bonchev–Trinajstić information content (AvgIpc) is 1.89. The molecule has 50 valence electrons. The van der Waals surface area contributed by atoms with Gasteiger partial charge in [-0.15, -0.1) is 0 Å². The molecule has 1 N–H and O–H groups in total. The number of nitrogens with one attached hydrogen (secondary N) is 1. The Hall–Kier alpha value is -1.04. The summed E-state index contributed by atoms with van der Waals surface area (Å²) >= 11 is 0. The van der Waals surface area contributed by atoms with E-state index < -0.39 is 0 Å². The molecular weight excluding hydrogens is 116 g/mol. The van der Waals surface area contributed by atoms with Crippen LogP contribution in [0.25, 0.3) is 4.85 Å². The second kappa shape index (κ2) is 5.10. The van der Waals surface area contributed by atoms with Crippen LogP contribution in [0.4, 0.5) is 0 Å². The molecule has 0 aromatic carbocycles. The van der Waals surface area contributed by atoms with Crippen LogP contribution in [0, 0.1) is 6.57 Å². The van der Waals surface area contributed by atoms with Gasteiger partial charge in [0.15, 0.2) is 0 Å². The number of nitrogens with zero attached hydrogens (tertiary/aromatic N) is 1. The van der Waals surface area contributed by atoms with Crippen molar-refractivity contribution in [3.05, 3.63) is 11.4 Å². The van der Waals surface area contributed by atoms with Crippen molar-refractivity contribution in [2.75, 3.05) is 13.1 Å². The van der Waals surface area contributed by atoms with Crippen LogP contribution in [0.5, 0.6) is 0 Å². The van der Waals surface area contributed by atoms with E-state index in [9.17, 15) is 4.79 Å². The number of carbonyl (C=O) groups is 1. The largest absolute Gasteiger partial charge is 0.349 e. The van der Waals surface area contributed by atoms with E-state index in [1.807, 2.05) is 0 Å². The molecule has 0 rings (SSSR count). The van der Waals surface area contributed by atoms with E-state index in [2.05, 4.69) is 10.2 Å². The van der Waals surface area contributed by atoms with Crippen LogP contribution < -0.4 is 5.32 Å². The Bertz CT molecular complexity index is 126. The zero-order valence-electron chi connectivity index (χ0n) is 5.48. The molecule has 0 radical (unpaired) electrons. The number of rotatable bonds is 3. The van der Waals surface area contributed by atoms with Gasteiger partial charge < -0.3 is 10.2 Å². The van der Waals surface area contributed by atoms with Crippen molar-refractivity contribution < 1.29 is 4.79 Å². The van der Waals surface area contributed by atoms with Gasteiger partial charge in [-0.25, -0.2) is 6.57 Å². The Kier molecular flexibility index (Phi) is 4.51. The molecule has 0 saturated heterocycles. The van der Waals surface area contributed by atoms with Crippen molar-refractivity contribution >= 4 is 5.91 Å². The molecule has 1 amide bonds. The van der Waals surface area contributed by atoms with E-state index in [4.69, 9.17) is 6.57 Å². The monoisotopic (exact) mass is 126 g/mol. The number of carbonyl (C=O) groups excluding carboxylic acids is 1. The van der Waals surface area contributed by atoms with Gasteiger partial charge in [0.25, 0.3) is 0 Å². The lowest BCUT2D eigenvalue weighted by Crippen LogP contribution is -2.24. The first-order valence-corrected chi connectivity index (χ1v) is 2.91. The number of amides is 1. The Morgan fingerprint density at radius 1 is 1.78 bits per heavy atom. The fraction of sp³-hybridized carbons (Fsp3) is 0.667. The lowest BCUT2D eigenvalue weighted by molar-refractivity contribution is -0.120. The van der Waals surface area contributed by atoms with Crippen molar-refractivity contribution in [2.24, 2.45) is 0 Å². The molecule has 0 saturated carbocycles. The predicted molar refractivity (Wildman–Crippen MR) is 34.8 cm³/mol. The van der Waals surface area contributed by atoms with Crippen molar-refractivity contribution in [3.63, 3.8) is 0 Å². The van der Waals surface area contributed by atoms with E-state index in [0.717, 1.165) is 0 Å². The molecule has 0 fully saturated rings. The third-order valence-electron chi connectivity index (χ3n) is 0.867. The highest BCUT2D eigenvalue weighted by molar-refractivity contribution is 5.75. The third kappa shape index (κ3) is 4.82. The third-order valence-corrected chi connectivity index (χ3v) is 0.867. The number of hydrogen-bond acceptors (Lipinski definition) is 1. The molecule has 3 nitrogen and oxygen atoms in total. The normalized spacial score (nSPS) is 8.00. The summed E-state index contributed by atoms with van der Waals surface area (Å²) in [5.74, 6) is 0.0126. The second-order valence-electron chi connectivity index (χ2n) is 1.59. The minimum absolute atomic E-state index is 0.0126. The van der Waals surface area contributed by atoms with Gasteiger partial charge in [0.2, 0.25) is 12.5 Å². The Labute approximate surface area is 54.9 Å². The SMILES string of the molecule is [C-]#[N+]CCNC(=O)CC. The lowest BCUT2D eigenvalue weighted by atomic mass is 10.4. The molecule has 0 aliphatic carbocycles. The molecule has 0 aliphatic heterocycles. The smallest absolute Gasteiger partial charge is 0.231 e. The minimum Gasteiger partial charge on any atom is -0.349 e. The van der Waals surface area contributed by atoms with Crippen LogP contribution in [0.15, 0.2) is 0 Å². The van der Waals surface area contributed by atoms with Gasteiger partial charge in [-0.1, -0.05) is 6.92 Å². The van der Waals surface area contributed by atoms with Gasteiger partial charge in [-0.2, -0.15) is 0 Å². The molecular formula is C6H10N2O. The van der Waals surface area contributed by atoms with E-state index in [0.29, 0.717) is 19.5 Å². The van der Waals surface area contributed by atoms with Crippen molar-refractivity contribution in [2.45, 2.75) is 13.3 Å². The van der Waals surface area contributed by atoms with Crippen LogP contribution in [-0.2, 0) is 4.79 Å². The average molecular weight is 126 g/mol. The highest BCUT2D eigenvalue weighted by Crippen LogP contribution is 1.73. The van der Waals surface area contributed by atoms with Crippen molar-refractivity contribution in [3.8, 4) is 0 Å². The maximum Gasteiger partial charge on any atom is 0.231 e. The molecule has 0 atom stereocenters. The molecule has 0 aliphatic rings. The molecule has 9 heavy (non-hydrogen) atoms. The predicted octanol–water partition coefficient (Wildman–Crippen LogP) is 0.432. The molecule has 3 heteroatoms. The van der Waals surface area contributed by atoms with Gasteiger partial charge in [-0.05, 0) is 0 Å². The summed E-state index contributed by atoms with van der Waals surface area (Å²) in [5.41, 5.74) is 0. The molecule has 0 aromatic heterocycles. The highest BCUT2D eigenvalue weighted by atomic mass is 16.1. The van der Waals surface area contributed by atoms with Gasteiger partial charge in [0, 0.05) is 6.42 Å². The lowest BCUT2D eigenvalue weighted by Gasteiger charge is -1.94. The van der Waals surface area contributed by atoms with E-state index in [1.54, 1.807) is 6.92 Å². The molecule has 0 aromatic rings. The quantitative estimate of drug-likeness (QED) is 0.432. The first-order chi connectivity index (χ1) is 4.31. The van der Waals surface area contributed by atoms with Crippen molar-refractivity contribution in [1.29, 1.82) is 0 Å². The molecule has 0 unspecified atom stereocenters. The van der Waals surface area contributed by atoms with Gasteiger partial charge in [0.1, 0.15) is 0 Å². The summed E-state index contributed by atoms with van der Waals surface area (Å²) in [4.78, 5) is 13.5. The summed E-state index contributed by atoms with van der Waals surface area (Å²) in [7, 11) is 0. The van der Waals surface area contributed by atoms with E-state index in [-0.39, 0.29) is 5.91 Å². The standard InChI is InChI=1S/C6H10N2O/c1-3-6(9)8-5-4-7-2/h3-5H2,1H3,(H,8,9). The molecule has 0 bridgehead atoms. The van der Waals surface area contributed by atoms with Crippen LogP contribution in [-0.4, -0.2) is 19.0 Å². The fourth-order valence-electron chi connectivity index (χ4n) is 0.376. The summed E-state index contributed by atoms with van der Waals surface area (Å²) < 4.78 is 0. The first kappa shape index (κ1) is 7.96. The Balaban J connectivity index is 3.09. The summed E-state index contributed by atoms with van der Waals surface area (Å²) in [6.45, 7) is 9.03. The van der Waals surface area contributed by atoms with Crippen LogP contribution in [0.1, 0.15) is 13.3 Å². The first-order valence-electron chi connectivity index (χ1n) is 2.91. The van der Waals surface area contributed by atoms with E-state index >= 15 is 0 Å². The summed E-state index contributed by atoms with van der Waals surface area (Å²) in [5, 5.41) is 2.58. The van der Waals surface area contributed by atoms with Crippen LogP contribution in [0.3, 0.4) is 0 Å². The minimum atomic E-state index is 0.0126. The van der Waals surface area contributed by atoms with E-state index in [1.165, 1.54) is 0 Å². The maximum absolute atomic E-state index is 10.5. The van der Waals surface area contributed by atoms with Crippen LogP contribution >= 0.6 is 0 Å². The fourth-order valence-corrected chi connectivity index (χ4v) is 0.376. The Morgan fingerprint density at radius 2 is 2.44 bits per heavy atom. The second-order valence-corrected chi connectivity index (χ2v) is 1.59. The molecule has 0 heterocycles.